The van der Waals surface area contributed by atoms with Crippen molar-refractivity contribution in [3.05, 3.63) is 59.2 Å². The Bertz CT molecular complexity index is 545. The SMILES string of the molecule is Cc1cccc(-c2ccc(C#N)cc2)c1C. The molecular weight excluding hydrogens is 194 g/mol. The fourth-order valence-corrected chi connectivity index (χ4v) is 1.79. The molecule has 2 rings (SSSR count). The minimum atomic E-state index is 0.703. The fraction of sp³-hybridized carbons (Fsp3) is 0.133. The van der Waals surface area contributed by atoms with Gasteiger partial charge in [-0.25, -0.2) is 0 Å². The van der Waals surface area contributed by atoms with Crippen molar-refractivity contribution in [2.24, 2.45) is 0 Å². The molecule has 0 N–H and O–H groups in total. The highest BCUT2D eigenvalue weighted by Gasteiger charge is 2.03. The molecule has 78 valence electrons. The molecule has 0 aliphatic rings. The summed E-state index contributed by atoms with van der Waals surface area (Å²) in [5.74, 6) is 0. The van der Waals surface area contributed by atoms with Crippen LogP contribution in [0.5, 0.6) is 0 Å². The number of hydrogen-bond acceptors (Lipinski definition) is 1. The van der Waals surface area contributed by atoms with Gasteiger partial charge >= 0.3 is 0 Å². The summed E-state index contributed by atoms with van der Waals surface area (Å²) in [6.45, 7) is 4.24. The molecule has 1 heteroatoms. The van der Waals surface area contributed by atoms with Crippen molar-refractivity contribution in [3.8, 4) is 17.2 Å². The van der Waals surface area contributed by atoms with E-state index in [-0.39, 0.29) is 0 Å². The zero-order chi connectivity index (χ0) is 11.5. The second kappa shape index (κ2) is 4.20. The third-order valence-corrected chi connectivity index (χ3v) is 2.93. The van der Waals surface area contributed by atoms with Gasteiger partial charge in [0.15, 0.2) is 0 Å². The largest absolute Gasteiger partial charge is 0.192 e. The monoisotopic (exact) mass is 207 g/mol. The van der Waals surface area contributed by atoms with Crippen LogP contribution in [0.2, 0.25) is 0 Å². The Hall–Kier alpha value is -2.07. The summed E-state index contributed by atoms with van der Waals surface area (Å²) in [5.41, 5.74) is 5.70. The van der Waals surface area contributed by atoms with Gasteiger partial charge < -0.3 is 0 Å². The first-order valence-corrected chi connectivity index (χ1v) is 5.29. The van der Waals surface area contributed by atoms with E-state index >= 15 is 0 Å². The van der Waals surface area contributed by atoms with E-state index in [0.717, 1.165) is 0 Å². The molecule has 0 bridgehead atoms. The predicted molar refractivity (Wildman–Crippen MR) is 66.1 cm³/mol. The molecule has 1 nitrogen and oxygen atoms in total. The molecule has 0 heterocycles. The quantitative estimate of drug-likeness (QED) is 0.697. The van der Waals surface area contributed by atoms with Crippen LogP contribution in [-0.4, -0.2) is 0 Å². The van der Waals surface area contributed by atoms with Crippen molar-refractivity contribution in [2.45, 2.75) is 13.8 Å². The van der Waals surface area contributed by atoms with Crippen LogP contribution in [0, 0.1) is 25.2 Å². The van der Waals surface area contributed by atoms with E-state index in [1.54, 1.807) is 0 Å². The Morgan fingerprint density at radius 2 is 1.62 bits per heavy atom. The Balaban J connectivity index is 2.51. The van der Waals surface area contributed by atoms with Gasteiger partial charge in [-0.05, 0) is 48.2 Å². The fourth-order valence-electron chi connectivity index (χ4n) is 1.79. The number of hydrogen-bond donors (Lipinski definition) is 0. The summed E-state index contributed by atoms with van der Waals surface area (Å²) < 4.78 is 0. The number of benzene rings is 2. The van der Waals surface area contributed by atoms with Gasteiger partial charge in [0.1, 0.15) is 0 Å². The maximum atomic E-state index is 8.75. The van der Waals surface area contributed by atoms with E-state index in [1.165, 1.54) is 22.3 Å². The predicted octanol–water partition coefficient (Wildman–Crippen LogP) is 3.84. The van der Waals surface area contributed by atoms with Gasteiger partial charge in [-0.15, -0.1) is 0 Å². The number of nitrogens with zero attached hydrogens (tertiary/aromatic N) is 1. The molecule has 0 aromatic heterocycles. The molecule has 16 heavy (non-hydrogen) atoms. The molecule has 2 aromatic carbocycles. The second-order valence-electron chi connectivity index (χ2n) is 3.94. The van der Waals surface area contributed by atoms with Crippen LogP contribution in [0.15, 0.2) is 42.5 Å². The molecule has 0 saturated carbocycles. The third-order valence-electron chi connectivity index (χ3n) is 2.93. The van der Waals surface area contributed by atoms with E-state index in [4.69, 9.17) is 5.26 Å². The van der Waals surface area contributed by atoms with Gasteiger partial charge in [0.2, 0.25) is 0 Å². The van der Waals surface area contributed by atoms with Crippen molar-refractivity contribution in [2.75, 3.05) is 0 Å². The van der Waals surface area contributed by atoms with E-state index in [1.807, 2.05) is 24.3 Å². The first kappa shape index (κ1) is 10.4. The van der Waals surface area contributed by atoms with Crippen LogP contribution < -0.4 is 0 Å². The molecule has 0 atom stereocenters. The molecular formula is C15H13N. The molecule has 0 aliphatic carbocycles. The Labute approximate surface area is 96.0 Å². The van der Waals surface area contributed by atoms with E-state index in [9.17, 15) is 0 Å². The zero-order valence-electron chi connectivity index (χ0n) is 9.49. The Kier molecular flexibility index (Phi) is 2.74. The molecule has 0 spiro atoms. The van der Waals surface area contributed by atoms with Gasteiger partial charge in [0, 0.05) is 0 Å². The van der Waals surface area contributed by atoms with Crippen LogP contribution in [0.4, 0.5) is 0 Å². The van der Waals surface area contributed by atoms with Gasteiger partial charge in [-0.1, -0.05) is 30.3 Å². The van der Waals surface area contributed by atoms with Crippen LogP contribution >= 0.6 is 0 Å². The Morgan fingerprint density at radius 3 is 2.25 bits per heavy atom. The minimum absolute atomic E-state index is 0.703. The third kappa shape index (κ3) is 1.83. The van der Waals surface area contributed by atoms with Crippen molar-refractivity contribution < 1.29 is 0 Å². The molecule has 0 aliphatic heterocycles. The van der Waals surface area contributed by atoms with Gasteiger partial charge in [0.05, 0.1) is 11.6 Å². The first-order chi connectivity index (χ1) is 7.72. The number of nitriles is 1. The lowest BCUT2D eigenvalue weighted by atomic mass is 9.96. The average Bonchev–Trinajstić information content (AvgIpc) is 2.33. The molecule has 0 saturated heterocycles. The zero-order valence-corrected chi connectivity index (χ0v) is 9.49. The van der Waals surface area contributed by atoms with Crippen LogP contribution in [0.25, 0.3) is 11.1 Å². The van der Waals surface area contributed by atoms with Crippen molar-refractivity contribution in [1.82, 2.24) is 0 Å². The average molecular weight is 207 g/mol. The van der Waals surface area contributed by atoms with Gasteiger partial charge in [-0.3, -0.25) is 0 Å². The van der Waals surface area contributed by atoms with Crippen molar-refractivity contribution in [1.29, 1.82) is 5.26 Å². The van der Waals surface area contributed by atoms with Gasteiger partial charge in [0.25, 0.3) is 0 Å². The lowest BCUT2D eigenvalue weighted by Crippen LogP contribution is -1.86. The van der Waals surface area contributed by atoms with Crippen molar-refractivity contribution in [3.63, 3.8) is 0 Å². The maximum absolute atomic E-state index is 8.75. The van der Waals surface area contributed by atoms with Crippen molar-refractivity contribution >= 4 is 0 Å². The summed E-state index contributed by atoms with van der Waals surface area (Å²) in [6, 6.07) is 16.1. The molecule has 0 radical (unpaired) electrons. The highest BCUT2D eigenvalue weighted by molar-refractivity contribution is 5.68. The summed E-state index contributed by atoms with van der Waals surface area (Å²) in [5, 5.41) is 8.75. The highest BCUT2D eigenvalue weighted by Crippen LogP contribution is 2.25. The van der Waals surface area contributed by atoms with E-state index in [0.29, 0.717) is 5.56 Å². The summed E-state index contributed by atoms with van der Waals surface area (Å²) >= 11 is 0. The summed E-state index contributed by atoms with van der Waals surface area (Å²) in [7, 11) is 0. The summed E-state index contributed by atoms with van der Waals surface area (Å²) in [6.07, 6.45) is 0. The lowest BCUT2D eigenvalue weighted by molar-refractivity contribution is 1.34. The standard InChI is InChI=1S/C15H13N/c1-11-4-3-5-15(12(11)2)14-8-6-13(10-16)7-9-14/h3-9H,1-2H3. The second-order valence-corrected chi connectivity index (χ2v) is 3.94. The van der Waals surface area contributed by atoms with Crippen LogP contribution in [0.3, 0.4) is 0 Å². The number of rotatable bonds is 1. The first-order valence-electron chi connectivity index (χ1n) is 5.29. The van der Waals surface area contributed by atoms with Crippen LogP contribution in [-0.2, 0) is 0 Å². The highest BCUT2D eigenvalue weighted by atomic mass is 14.2. The molecule has 2 aromatic rings. The summed E-state index contributed by atoms with van der Waals surface area (Å²) in [4.78, 5) is 0. The Morgan fingerprint density at radius 1 is 0.938 bits per heavy atom. The van der Waals surface area contributed by atoms with E-state index < -0.39 is 0 Å². The van der Waals surface area contributed by atoms with Crippen LogP contribution in [0.1, 0.15) is 16.7 Å². The smallest absolute Gasteiger partial charge is 0.0991 e. The lowest BCUT2D eigenvalue weighted by Gasteiger charge is -2.08. The normalized spacial score (nSPS) is 9.81. The molecule has 0 amide bonds. The maximum Gasteiger partial charge on any atom is 0.0991 e. The molecule has 0 unspecified atom stereocenters. The minimum Gasteiger partial charge on any atom is -0.192 e. The van der Waals surface area contributed by atoms with Gasteiger partial charge in [-0.2, -0.15) is 5.26 Å². The molecule has 0 fully saturated rings. The number of aryl methyl sites for hydroxylation is 1. The van der Waals surface area contributed by atoms with E-state index in [2.05, 4.69) is 38.1 Å². The topological polar surface area (TPSA) is 23.8 Å².